The topological polar surface area (TPSA) is 42.0 Å². The molecule has 0 saturated heterocycles. The van der Waals surface area contributed by atoms with Crippen molar-refractivity contribution >= 4 is 67.7 Å². The maximum Gasteiger partial charge on any atom is 0.265 e. The molecule has 4 aromatic rings. The maximum absolute atomic E-state index is 12.4. The summed E-state index contributed by atoms with van der Waals surface area (Å²) in [5, 5.41) is 4.60. The SMILES string of the molecule is O=C(Nc1ccc(Cl)c(Cl)c1)c1ccc(-c2nc3ccccc3s2)s1. The minimum Gasteiger partial charge on any atom is -0.321 e. The Morgan fingerprint density at radius 1 is 0.960 bits per heavy atom. The number of halogens is 2. The number of aromatic nitrogens is 1. The Kier molecular flexibility index (Phi) is 4.48. The summed E-state index contributed by atoms with van der Waals surface area (Å²) in [6.45, 7) is 0. The minimum atomic E-state index is -0.184. The van der Waals surface area contributed by atoms with E-state index < -0.39 is 0 Å². The van der Waals surface area contributed by atoms with E-state index in [0.29, 0.717) is 20.6 Å². The highest BCUT2D eigenvalue weighted by Gasteiger charge is 2.13. The second-order valence-electron chi connectivity index (χ2n) is 5.23. The molecular formula is C18H10Cl2N2OS2. The van der Waals surface area contributed by atoms with E-state index in [4.69, 9.17) is 23.2 Å². The molecule has 0 saturated carbocycles. The molecule has 0 fully saturated rings. The molecule has 2 heterocycles. The normalized spacial score (nSPS) is 11.0. The second-order valence-corrected chi connectivity index (χ2v) is 8.16. The Hall–Kier alpha value is -1.92. The van der Waals surface area contributed by atoms with Crippen LogP contribution >= 0.6 is 45.9 Å². The predicted molar refractivity (Wildman–Crippen MR) is 107 cm³/mol. The van der Waals surface area contributed by atoms with E-state index in [1.54, 1.807) is 35.6 Å². The van der Waals surface area contributed by atoms with Crippen molar-refractivity contribution in [3.63, 3.8) is 0 Å². The summed E-state index contributed by atoms with van der Waals surface area (Å²) in [6.07, 6.45) is 0. The van der Waals surface area contributed by atoms with Crippen molar-refractivity contribution in [3.8, 4) is 9.88 Å². The molecule has 0 aliphatic heterocycles. The van der Waals surface area contributed by atoms with E-state index in [-0.39, 0.29) is 5.91 Å². The van der Waals surface area contributed by atoms with Gasteiger partial charge in [0, 0.05) is 5.69 Å². The number of nitrogens with zero attached hydrogens (tertiary/aromatic N) is 1. The van der Waals surface area contributed by atoms with Crippen LogP contribution in [0.2, 0.25) is 10.0 Å². The van der Waals surface area contributed by atoms with Crippen molar-refractivity contribution in [2.45, 2.75) is 0 Å². The molecule has 4 rings (SSSR count). The Balaban J connectivity index is 1.57. The summed E-state index contributed by atoms with van der Waals surface area (Å²) in [6, 6.07) is 16.7. The maximum atomic E-state index is 12.4. The zero-order valence-electron chi connectivity index (χ0n) is 12.6. The number of nitrogens with one attached hydrogen (secondary N) is 1. The van der Waals surface area contributed by atoms with Crippen LogP contribution in [0, 0.1) is 0 Å². The van der Waals surface area contributed by atoms with Crippen LogP contribution < -0.4 is 5.32 Å². The summed E-state index contributed by atoms with van der Waals surface area (Å²) in [7, 11) is 0. The molecule has 0 aliphatic carbocycles. The molecule has 0 spiro atoms. The van der Waals surface area contributed by atoms with Gasteiger partial charge in [0.25, 0.3) is 5.91 Å². The van der Waals surface area contributed by atoms with Crippen molar-refractivity contribution in [1.29, 1.82) is 0 Å². The van der Waals surface area contributed by atoms with Crippen molar-refractivity contribution in [1.82, 2.24) is 4.98 Å². The minimum absolute atomic E-state index is 0.184. The molecule has 1 amide bonds. The van der Waals surface area contributed by atoms with E-state index in [1.807, 2.05) is 30.3 Å². The number of hydrogen-bond donors (Lipinski definition) is 1. The van der Waals surface area contributed by atoms with Crippen molar-refractivity contribution in [3.05, 3.63) is 69.5 Å². The second kappa shape index (κ2) is 6.77. The van der Waals surface area contributed by atoms with Crippen LogP contribution in [0.3, 0.4) is 0 Å². The third-order valence-electron chi connectivity index (χ3n) is 3.51. The zero-order valence-corrected chi connectivity index (χ0v) is 15.8. The van der Waals surface area contributed by atoms with E-state index in [9.17, 15) is 4.79 Å². The van der Waals surface area contributed by atoms with Gasteiger partial charge < -0.3 is 5.32 Å². The molecule has 2 aromatic carbocycles. The number of anilines is 1. The lowest BCUT2D eigenvalue weighted by Gasteiger charge is -2.04. The van der Waals surface area contributed by atoms with Crippen LogP contribution in [0.25, 0.3) is 20.1 Å². The first-order valence-corrected chi connectivity index (χ1v) is 9.71. The molecule has 3 nitrogen and oxygen atoms in total. The van der Waals surface area contributed by atoms with Crippen LogP contribution in [-0.4, -0.2) is 10.9 Å². The Labute approximate surface area is 161 Å². The summed E-state index contributed by atoms with van der Waals surface area (Å²) in [5.41, 5.74) is 1.58. The van der Waals surface area contributed by atoms with Gasteiger partial charge in [-0.1, -0.05) is 35.3 Å². The van der Waals surface area contributed by atoms with Crippen LogP contribution in [-0.2, 0) is 0 Å². The highest BCUT2D eigenvalue weighted by atomic mass is 35.5. The number of carbonyl (C=O) groups is 1. The first-order valence-electron chi connectivity index (χ1n) is 7.32. The lowest BCUT2D eigenvalue weighted by atomic mass is 10.3. The van der Waals surface area contributed by atoms with Gasteiger partial charge in [-0.2, -0.15) is 0 Å². The number of amides is 1. The summed E-state index contributed by atoms with van der Waals surface area (Å²) in [5.74, 6) is -0.184. The van der Waals surface area contributed by atoms with Gasteiger partial charge in [0.2, 0.25) is 0 Å². The van der Waals surface area contributed by atoms with Gasteiger partial charge in [-0.3, -0.25) is 4.79 Å². The monoisotopic (exact) mass is 404 g/mol. The van der Waals surface area contributed by atoms with E-state index in [0.717, 1.165) is 20.1 Å². The number of thiophene rings is 1. The first-order chi connectivity index (χ1) is 12.1. The van der Waals surface area contributed by atoms with E-state index in [2.05, 4.69) is 10.3 Å². The van der Waals surface area contributed by atoms with Crippen molar-refractivity contribution in [2.75, 3.05) is 5.32 Å². The lowest BCUT2D eigenvalue weighted by Crippen LogP contribution is -2.09. The Morgan fingerprint density at radius 3 is 2.60 bits per heavy atom. The number of rotatable bonds is 3. The largest absolute Gasteiger partial charge is 0.321 e. The van der Waals surface area contributed by atoms with Crippen LogP contribution in [0.4, 0.5) is 5.69 Å². The smallest absolute Gasteiger partial charge is 0.265 e. The van der Waals surface area contributed by atoms with Gasteiger partial charge >= 0.3 is 0 Å². The fourth-order valence-electron chi connectivity index (χ4n) is 2.32. The van der Waals surface area contributed by atoms with Crippen molar-refractivity contribution in [2.24, 2.45) is 0 Å². The highest BCUT2D eigenvalue weighted by Crippen LogP contribution is 2.34. The average molecular weight is 405 g/mol. The quantitative estimate of drug-likeness (QED) is 0.418. The number of carbonyl (C=O) groups excluding carboxylic acids is 1. The van der Waals surface area contributed by atoms with Crippen LogP contribution in [0.15, 0.2) is 54.6 Å². The third kappa shape index (κ3) is 3.41. The standard InChI is InChI=1S/C18H10Cl2N2OS2/c19-11-6-5-10(9-12(11)20)21-17(23)15-7-8-16(24-15)18-22-13-3-1-2-4-14(13)25-18/h1-9H,(H,21,23). The van der Waals surface area contributed by atoms with Crippen LogP contribution in [0.5, 0.6) is 0 Å². The number of benzene rings is 2. The van der Waals surface area contributed by atoms with Gasteiger partial charge in [-0.25, -0.2) is 4.98 Å². The van der Waals surface area contributed by atoms with Gasteiger partial charge in [0.05, 0.1) is 30.0 Å². The molecule has 25 heavy (non-hydrogen) atoms. The number of para-hydroxylation sites is 1. The average Bonchev–Trinajstić information content (AvgIpc) is 3.24. The molecule has 2 aromatic heterocycles. The molecule has 0 radical (unpaired) electrons. The van der Waals surface area contributed by atoms with Gasteiger partial charge in [-0.15, -0.1) is 22.7 Å². The van der Waals surface area contributed by atoms with Gasteiger partial charge in [0.1, 0.15) is 5.01 Å². The Morgan fingerprint density at radius 2 is 1.80 bits per heavy atom. The van der Waals surface area contributed by atoms with E-state index in [1.165, 1.54) is 11.3 Å². The first kappa shape index (κ1) is 16.5. The molecular weight excluding hydrogens is 395 g/mol. The Bertz CT molecular complexity index is 1050. The lowest BCUT2D eigenvalue weighted by molar-refractivity contribution is 0.103. The summed E-state index contributed by atoms with van der Waals surface area (Å²) in [4.78, 5) is 18.6. The predicted octanol–water partition coefficient (Wildman–Crippen LogP) is 6.58. The van der Waals surface area contributed by atoms with Gasteiger partial charge in [-0.05, 0) is 42.5 Å². The number of thiazole rings is 1. The molecule has 124 valence electrons. The molecule has 7 heteroatoms. The van der Waals surface area contributed by atoms with E-state index >= 15 is 0 Å². The zero-order chi connectivity index (χ0) is 17.4. The van der Waals surface area contributed by atoms with Crippen LogP contribution in [0.1, 0.15) is 9.67 Å². The molecule has 0 aliphatic rings. The summed E-state index contributed by atoms with van der Waals surface area (Å²) >= 11 is 14.9. The molecule has 0 unspecified atom stereocenters. The van der Waals surface area contributed by atoms with Crippen molar-refractivity contribution < 1.29 is 4.79 Å². The van der Waals surface area contributed by atoms with Gasteiger partial charge in [0.15, 0.2) is 0 Å². The third-order valence-corrected chi connectivity index (χ3v) is 6.54. The fraction of sp³-hybridized carbons (Fsp3) is 0. The number of fused-ring (bicyclic) bond motifs is 1. The molecule has 0 atom stereocenters. The highest BCUT2D eigenvalue weighted by molar-refractivity contribution is 7.26. The summed E-state index contributed by atoms with van der Waals surface area (Å²) < 4.78 is 1.13. The molecule has 1 N–H and O–H groups in total. The molecule has 0 bridgehead atoms. The fourth-order valence-corrected chi connectivity index (χ4v) is 4.54. The number of hydrogen-bond acceptors (Lipinski definition) is 4.